The first-order valence-electron chi connectivity index (χ1n) is 17.2. The SMILES string of the molecule is CCCCCC(=O)N[C@@H](C)C(=O)NC[C@H]1c2c(c(OC(C)=O)c(C)c3c2OCO3)CC2[C@@H]3c4c(cc(C)c(OC)c4O)C[C@H](C(O)N21)N3C. The summed E-state index contributed by atoms with van der Waals surface area (Å²) < 4.78 is 23.4. The monoisotopic (exact) mass is 680 g/mol. The second kappa shape index (κ2) is 13.7. The number of hydrogen-bond acceptors (Lipinski definition) is 11. The highest BCUT2D eigenvalue weighted by atomic mass is 16.7. The Hall–Kier alpha value is -4.07. The second-order valence-electron chi connectivity index (χ2n) is 13.7. The van der Waals surface area contributed by atoms with Gasteiger partial charge in [-0.25, -0.2) is 0 Å². The molecule has 2 unspecified atom stereocenters. The molecule has 266 valence electrons. The number of amides is 2. The van der Waals surface area contributed by atoms with E-state index in [0.29, 0.717) is 59.0 Å². The highest BCUT2D eigenvalue weighted by Gasteiger charge is 2.56. The lowest BCUT2D eigenvalue weighted by Gasteiger charge is -2.60. The van der Waals surface area contributed by atoms with Crippen molar-refractivity contribution in [3.63, 3.8) is 0 Å². The summed E-state index contributed by atoms with van der Waals surface area (Å²) in [5, 5.41) is 29.7. The average molecular weight is 681 g/mol. The van der Waals surface area contributed by atoms with Crippen LogP contribution in [-0.4, -0.2) is 89.6 Å². The van der Waals surface area contributed by atoms with Crippen molar-refractivity contribution in [3.05, 3.63) is 39.4 Å². The van der Waals surface area contributed by atoms with Crippen molar-refractivity contribution in [3.8, 4) is 28.7 Å². The van der Waals surface area contributed by atoms with Crippen LogP contribution in [0.2, 0.25) is 0 Å². The molecule has 0 saturated carbocycles. The normalized spacial score (nSPS) is 24.3. The Balaban J connectivity index is 1.44. The van der Waals surface area contributed by atoms with Crippen LogP contribution in [0.5, 0.6) is 28.7 Å². The van der Waals surface area contributed by atoms with Crippen molar-refractivity contribution < 1.29 is 43.5 Å². The summed E-state index contributed by atoms with van der Waals surface area (Å²) in [6, 6.07) is -0.597. The van der Waals surface area contributed by atoms with Crippen molar-refractivity contribution >= 4 is 17.8 Å². The number of phenols is 1. The molecule has 13 heteroatoms. The molecule has 1 saturated heterocycles. The van der Waals surface area contributed by atoms with E-state index in [1.165, 1.54) is 14.0 Å². The topological polar surface area (TPSA) is 159 Å². The third-order valence-electron chi connectivity index (χ3n) is 10.6. The fourth-order valence-electron chi connectivity index (χ4n) is 8.39. The molecule has 6 atom stereocenters. The number of benzene rings is 2. The minimum atomic E-state index is -0.980. The van der Waals surface area contributed by atoms with Crippen molar-refractivity contribution in [1.29, 1.82) is 0 Å². The van der Waals surface area contributed by atoms with Crippen LogP contribution in [0.15, 0.2) is 6.07 Å². The first-order valence-corrected chi connectivity index (χ1v) is 17.2. The molecular weight excluding hydrogens is 632 g/mol. The van der Waals surface area contributed by atoms with Gasteiger partial charge in [-0.3, -0.25) is 24.2 Å². The summed E-state index contributed by atoms with van der Waals surface area (Å²) in [7, 11) is 3.47. The van der Waals surface area contributed by atoms with Gasteiger partial charge < -0.3 is 39.8 Å². The number of rotatable bonds is 10. The lowest BCUT2D eigenvalue weighted by Crippen LogP contribution is -2.69. The van der Waals surface area contributed by atoms with Crippen LogP contribution >= 0.6 is 0 Å². The Morgan fingerprint density at radius 3 is 2.51 bits per heavy atom. The number of carbonyl (C=O) groups excluding carboxylic acids is 3. The minimum absolute atomic E-state index is 0.0350. The summed E-state index contributed by atoms with van der Waals surface area (Å²) >= 11 is 0. The van der Waals surface area contributed by atoms with E-state index >= 15 is 0 Å². The van der Waals surface area contributed by atoms with Crippen LogP contribution in [0, 0.1) is 13.8 Å². The van der Waals surface area contributed by atoms with E-state index in [0.717, 1.165) is 36.0 Å². The largest absolute Gasteiger partial charge is 0.504 e. The molecule has 0 aliphatic carbocycles. The number of aliphatic hydroxyl groups is 1. The maximum Gasteiger partial charge on any atom is 0.308 e. The molecule has 2 aromatic carbocycles. The second-order valence-corrected chi connectivity index (χ2v) is 13.7. The minimum Gasteiger partial charge on any atom is -0.504 e. The number of nitrogens with one attached hydrogen (secondary N) is 2. The molecule has 4 aliphatic rings. The molecule has 2 bridgehead atoms. The zero-order chi connectivity index (χ0) is 35.3. The third kappa shape index (κ3) is 5.95. The molecule has 1 fully saturated rings. The molecule has 2 amide bonds. The zero-order valence-corrected chi connectivity index (χ0v) is 29.3. The number of unbranched alkanes of at least 4 members (excludes halogenated alkanes) is 2. The van der Waals surface area contributed by atoms with Crippen LogP contribution in [-0.2, 0) is 27.2 Å². The summed E-state index contributed by atoms with van der Waals surface area (Å²) in [5.41, 5.74) is 4.44. The van der Waals surface area contributed by atoms with Crippen molar-refractivity contribution in [1.82, 2.24) is 20.4 Å². The van der Waals surface area contributed by atoms with Crippen LogP contribution in [0.25, 0.3) is 0 Å². The fraction of sp³-hybridized carbons (Fsp3) is 0.583. The number of ether oxygens (including phenoxy) is 4. The van der Waals surface area contributed by atoms with Crippen LogP contribution < -0.4 is 29.6 Å². The number of esters is 1. The molecule has 0 radical (unpaired) electrons. The standard InChI is InChI=1S/C36H48N4O9/c1-8-9-10-11-26(42)38-19(4)35(44)37-15-25-28-22(32(49-20(5)41)18(3)33-34(28)48-16-47-33)14-23-29-27-21(12-17(2)31(46-7)30(27)43)13-24(39(29)6)36(45)40(23)25/h12,19,23-25,29,36,43,45H,8-11,13-16H2,1-7H3,(H,37,44)(H,38,42)/t19-,23?,24+,25-,29+,36?/m0/s1. The summed E-state index contributed by atoms with van der Waals surface area (Å²) in [5.74, 6) is 0.688. The van der Waals surface area contributed by atoms with Crippen molar-refractivity contribution in [2.24, 2.45) is 0 Å². The molecule has 0 aromatic heterocycles. The molecular formula is C36H48N4O9. The number of aliphatic hydroxyl groups excluding tert-OH is 1. The fourth-order valence-corrected chi connectivity index (χ4v) is 8.39. The van der Waals surface area contributed by atoms with E-state index < -0.39 is 36.4 Å². The Labute approximate surface area is 286 Å². The Bertz CT molecular complexity index is 1660. The van der Waals surface area contributed by atoms with Gasteiger partial charge in [-0.05, 0) is 58.2 Å². The molecule has 2 aromatic rings. The van der Waals surface area contributed by atoms with Gasteiger partial charge in [-0.1, -0.05) is 25.8 Å². The van der Waals surface area contributed by atoms with Gasteiger partial charge >= 0.3 is 5.97 Å². The van der Waals surface area contributed by atoms with Crippen molar-refractivity contribution in [2.45, 2.75) is 110 Å². The van der Waals surface area contributed by atoms with Gasteiger partial charge in [0.05, 0.1) is 25.2 Å². The summed E-state index contributed by atoms with van der Waals surface area (Å²) in [4.78, 5) is 42.6. The first kappa shape index (κ1) is 34.8. The van der Waals surface area contributed by atoms with Gasteiger partial charge in [0.15, 0.2) is 23.0 Å². The molecule has 4 N–H and O–H groups in total. The number of fused-ring (bicyclic) bond motifs is 9. The number of likely N-dealkylation sites (N-methyl/N-ethyl adjacent to an activating group) is 1. The Morgan fingerprint density at radius 1 is 1.08 bits per heavy atom. The van der Waals surface area contributed by atoms with Gasteiger partial charge in [0.1, 0.15) is 18.0 Å². The van der Waals surface area contributed by atoms with Gasteiger partial charge in [-0.15, -0.1) is 0 Å². The van der Waals surface area contributed by atoms with Crippen LogP contribution in [0.1, 0.15) is 91.9 Å². The van der Waals surface area contributed by atoms with Crippen LogP contribution in [0.4, 0.5) is 0 Å². The summed E-state index contributed by atoms with van der Waals surface area (Å²) in [6.45, 7) is 8.76. The molecule has 49 heavy (non-hydrogen) atoms. The maximum absolute atomic E-state index is 13.5. The maximum atomic E-state index is 13.5. The summed E-state index contributed by atoms with van der Waals surface area (Å²) in [6.07, 6.45) is 2.85. The first-order chi connectivity index (χ1) is 23.4. The third-order valence-corrected chi connectivity index (χ3v) is 10.6. The predicted octanol–water partition coefficient (Wildman–Crippen LogP) is 3.07. The zero-order valence-electron chi connectivity index (χ0n) is 29.3. The number of nitrogens with zero attached hydrogens (tertiary/aromatic N) is 2. The lowest BCUT2D eigenvalue weighted by molar-refractivity contribution is -0.172. The quantitative estimate of drug-likeness (QED) is 0.166. The average Bonchev–Trinajstić information content (AvgIpc) is 3.54. The van der Waals surface area contributed by atoms with Crippen molar-refractivity contribution in [2.75, 3.05) is 27.5 Å². The van der Waals surface area contributed by atoms with Gasteiger partial charge in [0, 0.05) is 48.2 Å². The van der Waals surface area contributed by atoms with E-state index in [-0.39, 0.29) is 36.9 Å². The number of aryl methyl sites for hydroxylation is 1. The highest BCUT2D eigenvalue weighted by Crippen LogP contribution is 2.58. The number of carbonyl (C=O) groups is 3. The predicted molar refractivity (Wildman–Crippen MR) is 179 cm³/mol. The molecule has 13 nitrogen and oxygen atoms in total. The molecule has 0 spiro atoms. The number of piperazine rings is 1. The molecule has 6 rings (SSSR count). The van der Waals surface area contributed by atoms with Crippen LogP contribution in [0.3, 0.4) is 0 Å². The van der Waals surface area contributed by atoms with E-state index in [4.69, 9.17) is 18.9 Å². The molecule has 4 heterocycles. The number of phenolic OH excluding ortho intramolecular Hbond substituents is 1. The lowest BCUT2D eigenvalue weighted by atomic mass is 9.73. The van der Waals surface area contributed by atoms with Gasteiger partial charge in [0.25, 0.3) is 0 Å². The Kier molecular flexibility index (Phi) is 9.71. The van der Waals surface area contributed by atoms with E-state index in [1.807, 2.05) is 31.9 Å². The van der Waals surface area contributed by atoms with E-state index in [9.17, 15) is 24.6 Å². The smallest absolute Gasteiger partial charge is 0.308 e. The number of methoxy groups -OCH3 is 1. The number of aromatic hydroxyl groups is 1. The number of hydrogen-bond donors (Lipinski definition) is 4. The van der Waals surface area contributed by atoms with E-state index in [1.54, 1.807) is 6.92 Å². The Morgan fingerprint density at radius 2 is 1.82 bits per heavy atom. The molecule has 4 aliphatic heterocycles. The van der Waals surface area contributed by atoms with Gasteiger partial charge in [0.2, 0.25) is 18.6 Å². The van der Waals surface area contributed by atoms with Gasteiger partial charge in [-0.2, -0.15) is 0 Å². The highest BCUT2D eigenvalue weighted by molar-refractivity contribution is 5.87. The van der Waals surface area contributed by atoms with E-state index in [2.05, 4.69) is 22.5 Å².